The monoisotopic (exact) mass is 138 g/mol. The molecule has 0 aromatic rings. The highest BCUT2D eigenvalue weighted by Crippen LogP contribution is 2.22. The van der Waals surface area contributed by atoms with Crippen molar-refractivity contribution in [1.82, 2.24) is 0 Å². The van der Waals surface area contributed by atoms with Crippen molar-refractivity contribution >= 4 is 0 Å². The average Bonchev–Trinajstić information content (AvgIpc) is 1.88. The zero-order valence-corrected chi connectivity index (χ0v) is 6.38. The minimum absolute atomic E-state index is 0.212. The maximum absolute atomic E-state index is 9.09. The van der Waals surface area contributed by atoms with Crippen molar-refractivity contribution in [3.8, 4) is 0 Å². The standard InChI is InChI=1S/C9H14O/c1-7(2)8-3-5-9(10)6-4-8/h3,5,8-10H,1,4,6H2,2H3. The summed E-state index contributed by atoms with van der Waals surface area (Å²) in [6.07, 6.45) is 5.64. The molecule has 1 nitrogen and oxygen atoms in total. The van der Waals surface area contributed by atoms with Crippen molar-refractivity contribution < 1.29 is 5.11 Å². The van der Waals surface area contributed by atoms with Gasteiger partial charge in [-0.1, -0.05) is 24.3 Å². The Balaban J connectivity index is 2.53. The summed E-state index contributed by atoms with van der Waals surface area (Å²) in [5.41, 5.74) is 1.20. The first-order valence-corrected chi connectivity index (χ1v) is 3.72. The van der Waals surface area contributed by atoms with Crippen LogP contribution in [0.3, 0.4) is 0 Å². The van der Waals surface area contributed by atoms with Gasteiger partial charge in [0.2, 0.25) is 0 Å². The summed E-state index contributed by atoms with van der Waals surface area (Å²) in [7, 11) is 0. The topological polar surface area (TPSA) is 20.2 Å². The molecule has 0 aromatic heterocycles. The number of aliphatic hydroxyl groups excluding tert-OH is 1. The highest BCUT2D eigenvalue weighted by molar-refractivity contribution is 5.11. The van der Waals surface area contributed by atoms with Crippen molar-refractivity contribution in [3.05, 3.63) is 24.3 Å². The van der Waals surface area contributed by atoms with Gasteiger partial charge in [0.15, 0.2) is 0 Å². The minimum atomic E-state index is -0.212. The highest BCUT2D eigenvalue weighted by Gasteiger charge is 2.12. The second-order valence-electron chi connectivity index (χ2n) is 2.98. The fourth-order valence-electron chi connectivity index (χ4n) is 1.22. The second-order valence-corrected chi connectivity index (χ2v) is 2.98. The third-order valence-electron chi connectivity index (χ3n) is 1.97. The molecule has 0 bridgehead atoms. The van der Waals surface area contributed by atoms with E-state index < -0.39 is 0 Å². The maximum Gasteiger partial charge on any atom is 0.0721 e. The van der Waals surface area contributed by atoms with Gasteiger partial charge < -0.3 is 5.11 Å². The molecule has 0 saturated carbocycles. The molecule has 2 unspecified atom stereocenters. The first-order chi connectivity index (χ1) is 4.70. The van der Waals surface area contributed by atoms with Crippen LogP contribution in [0.15, 0.2) is 24.3 Å². The van der Waals surface area contributed by atoms with Crippen molar-refractivity contribution in [2.24, 2.45) is 5.92 Å². The molecule has 1 aliphatic carbocycles. The molecule has 1 heteroatoms. The van der Waals surface area contributed by atoms with E-state index in [9.17, 15) is 0 Å². The van der Waals surface area contributed by atoms with E-state index in [-0.39, 0.29) is 6.10 Å². The Morgan fingerprint density at radius 3 is 2.60 bits per heavy atom. The van der Waals surface area contributed by atoms with Gasteiger partial charge in [0.25, 0.3) is 0 Å². The van der Waals surface area contributed by atoms with Crippen LogP contribution in [0.5, 0.6) is 0 Å². The SMILES string of the molecule is C=C(C)C1C=CC(O)CC1. The minimum Gasteiger partial charge on any atom is -0.389 e. The van der Waals surface area contributed by atoms with Gasteiger partial charge in [-0.2, -0.15) is 0 Å². The van der Waals surface area contributed by atoms with Gasteiger partial charge in [0.1, 0.15) is 0 Å². The highest BCUT2D eigenvalue weighted by atomic mass is 16.3. The molecule has 0 aromatic carbocycles. The third-order valence-corrected chi connectivity index (χ3v) is 1.97. The van der Waals surface area contributed by atoms with E-state index in [1.165, 1.54) is 5.57 Å². The Morgan fingerprint density at radius 2 is 2.20 bits per heavy atom. The smallest absolute Gasteiger partial charge is 0.0721 e. The predicted octanol–water partition coefficient (Wildman–Crippen LogP) is 1.89. The fourth-order valence-corrected chi connectivity index (χ4v) is 1.22. The Bertz CT molecular complexity index is 158. The van der Waals surface area contributed by atoms with Crippen LogP contribution in [0, 0.1) is 5.92 Å². The summed E-state index contributed by atoms with van der Waals surface area (Å²) in [6, 6.07) is 0. The van der Waals surface area contributed by atoms with Gasteiger partial charge in [-0.3, -0.25) is 0 Å². The van der Waals surface area contributed by atoms with Gasteiger partial charge >= 0.3 is 0 Å². The van der Waals surface area contributed by atoms with Crippen LogP contribution in [-0.4, -0.2) is 11.2 Å². The summed E-state index contributed by atoms with van der Waals surface area (Å²) < 4.78 is 0. The average molecular weight is 138 g/mol. The zero-order chi connectivity index (χ0) is 7.56. The maximum atomic E-state index is 9.09. The largest absolute Gasteiger partial charge is 0.389 e. The molecule has 2 atom stereocenters. The number of hydrogen-bond acceptors (Lipinski definition) is 1. The number of aliphatic hydroxyl groups is 1. The summed E-state index contributed by atoms with van der Waals surface area (Å²) in [5, 5.41) is 9.09. The molecule has 0 radical (unpaired) electrons. The van der Waals surface area contributed by atoms with Crippen molar-refractivity contribution in [2.75, 3.05) is 0 Å². The van der Waals surface area contributed by atoms with Gasteiger partial charge in [-0.05, 0) is 25.7 Å². The third kappa shape index (κ3) is 1.71. The van der Waals surface area contributed by atoms with Gasteiger partial charge in [-0.15, -0.1) is 0 Å². The Hall–Kier alpha value is -0.560. The molecular formula is C9H14O. The quantitative estimate of drug-likeness (QED) is 0.548. The zero-order valence-electron chi connectivity index (χ0n) is 6.38. The molecule has 56 valence electrons. The van der Waals surface area contributed by atoms with E-state index in [1.54, 1.807) is 0 Å². The van der Waals surface area contributed by atoms with Crippen molar-refractivity contribution in [3.63, 3.8) is 0 Å². The van der Waals surface area contributed by atoms with Gasteiger partial charge in [0.05, 0.1) is 6.10 Å². The van der Waals surface area contributed by atoms with Crippen LogP contribution < -0.4 is 0 Å². The molecule has 0 heterocycles. The Kier molecular flexibility index (Phi) is 2.28. The Morgan fingerprint density at radius 1 is 1.50 bits per heavy atom. The predicted molar refractivity (Wildman–Crippen MR) is 42.7 cm³/mol. The lowest BCUT2D eigenvalue weighted by atomic mass is 9.90. The van der Waals surface area contributed by atoms with Crippen LogP contribution in [0.4, 0.5) is 0 Å². The molecule has 0 aliphatic heterocycles. The molecule has 1 aliphatic rings. The summed E-state index contributed by atoms with van der Waals surface area (Å²) >= 11 is 0. The number of allylic oxidation sites excluding steroid dienone is 2. The summed E-state index contributed by atoms with van der Waals surface area (Å²) in [5.74, 6) is 0.503. The fraction of sp³-hybridized carbons (Fsp3) is 0.556. The van der Waals surface area contributed by atoms with Crippen LogP contribution in [0.25, 0.3) is 0 Å². The molecule has 10 heavy (non-hydrogen) atoms. The van der Waals surface area contributed by atoms with E-state index >= 15 is 0 Å². The number of rotatable bonds is 1. The van der Waals surface area contributed by atoms with Crippen molar-refractivity contribution in [2.45, 2.75) is 25.9 Å². The van der Waals surface area contributed by atoms with Crippen LogP contribution in [0.1, 0.15) is 19.8 Å². The van der Waals surface area contributed by atoms with E-state index in [4.69, 9.17) is 5.11 Å². The first kappa shape index (κ1) is 7.55. The summed E-state index contributed by atoms with van der Waals surface area (Å²) in [4.78, 5) is 0. The molecular weight excluding hydrogens is 124 g/mol. The first-order valence-electron chi connectivity index (χ1n) is 3.72. The molecule has 0 fully saturated rings. The molecule has 0 saturated heterocycles. The second kappa shape index (κ2) is 3.02. The van der Waals surface area contributed by atoms with E-state index in [0.29, 0.717) is 5.92 Å². The van der Waals surface area contributed by atoms with Gasteiger partial charge in [-0.25, -0.2) is 0 Å². The van der Waals surface area contributed by atoms with E-state index in [1.807, 2.05) is 13.0 Å². The van der Waals surface area contributed by atoms with Crippen LogP contribution in [-0.2, 0) is 0 Å². The Labute approximate surface area is 62.1 Å². The lowest BCUT2D eigenvalue weighted by Gasteiger charge is -2.19. The van der Waals surface area contributed by atoms with Crippen LogP contribution >= 0.6 is 0 Å². The van der Waals surface area contributed by atoms with Crippen LogP contribution in [0.2, 0.25) is 0 Å². The normalized spacial score (nSPS) is 32.2. The lowest BCUT2D eigenvalue weighted by molar-refractivity contribution is 0.198. The van der Waals surface area contributed by atoms with E-state index in [2.05, 4.69) is 12.7 Å². The lowest BCUT2D eigenvalue weighted by Crippen LogP contribution is -2.12. The molecule has 1 rings (SSSR count). The van der Waals surface area contributed by atoms with Crippen molar-refractivity contribution in [1.29, 1.82) is 0 Å². The van der Waals surface area contributed by atoms with E-state index in [0.717, 1.165) is 12.8 Å². The molecule has 1 N–H and O–H groups in total. The van der Waals surface area contributed by atoms with Gasteiger partial charge in [0, 0.05) is 0 Å². The summed E-state index contributed by atoms with van der Waals surface area (Å²) in [6.45, 7) is 5.91. The molecule has 0 amide bonds. The number of hydrogen-bond donors (Lipinski definition) is 1. The molecule has 0 spiro atoms.